The number of carbonyl (C=O) groups is 1. The zero-order chi connectivity index (χ0) is 15.5. The Kier molecular flexibility index (Phi) is 4.88. The average molecular weight is 290 g/mol. The predicted octanol–water partition coefficient (Wildman–Crippen LogP) is 2.38. The molecule has 1 aliphatic heterocycles. The minimum atomic E-state index is -0.411. The van der Waals surface area contributed by atoms with Gasteiger partial charge in [0.2, 0.25) is 0 Å². The zero-order valence-electron chi connectivity index (χ0n) is 13.2. The molecule has 0 spiro atoms. The number of aliphatic hydroxyl groups is 1. The van der Waals surface area contributed by atoms with Gasteiger partial charge in [-0.05, 0) is 17.9 Å². The number of nitrogens with zero attached hydrogens (tertiary/aromatic N) is 1. The summed E-state index contributed by atoms with van der Waals surface area (Å²) in [6.45, 7) is 8.00. The molecule has 0 aromatic heterocycles. The maximum Gasteiger partial charge on any atom is 0.317 e. The Morgan fingerprint density at radius 1 is 1.38 bits per heavy atom. The predicted molar refractivity (Wildman–Crippen MR) is 84.2 cm³/mol. The van der Waals surface area contributed by atoms with Crippen LogP contribution in [0.4, 0.5) is 4.79 Å². The van der Waals surface area contributed by atoms with E-state index in [0.717, 1.165) is 13.0 Å². The molecule has 0 saturated carbocycles. The molecule has 21 heavy (non-hydrogen) atoms. The molecule has 2 N–H and O–H groups in total. The molecule has 1 heterocycles. The number of aliphatic hydroxyl groups excluding tert-OH is 1. The normalized spacial score (nSPS) is 23.0. The Morgan fingerprint density at radius 2 is 2.05 bits per heavy atom. The van der Waals surface area contributed by atoms with Crippen molar-refractivity contribution in [2.24, 2.45) is 5.92 Å². The third-order valence-corrected chi connectivity index (χ3v) is 4.44. The van der Waals surface area contributed by atoms with Crippen molar-refractivity contribution in [1.82, 2.24) is 10.2 Å². The van der Waals surface area contributed by atoms with Gasteiger partial charge in [-0.1, -0.05) is 51.1 Å². The molecule has 1 aromatic carbocycles. The van der Waals surface area contributed by atoms with E-state index in [0.29, 0.717) is 13.1 Å². The first-order valence-electron chi connectivity index (χ1n) is 7.66. The van der Waals surface area contributed by atoms with Crippen LogP contribution in [0.3, 0.4) is 0 Å². The number of rotatable bonds is 3. The SMILES string of the molecule is CC1CCN(C(=O)NCC(C)(C)c2ccccc2)CC1O. The van der Waals surface area contributed by atoms with Crippen molar-refractivity contribution >= 4 is 6.03 Å². The summed E-state index contributed by atoms with van der Waals surface area (Å²) in [5.41, 5.74) is 1.09. The number of carbonyl (C=O) groups excluding carboxylic acids is 1. The van der Waals surface area contributed by atoms with Crippen LogP contribution < -0.4 is 5.32 Å². The van der Waals surface area contributed by atoms with E-state index < -0.39 is 6.10 Å². The third-order valence-electron chi connectivity index (χ3n) is 4.44. The fourth-order valence-corrected chi connectivity index (χ4v) is 2.63. The second-order valence-corrected chi connectivity index (χ2v) is 6.69. The summed E-state index contributed by atoms with van der Waals surface area (Å²) in [6, 6.07) is 10.1. The lowest BCUT2D eigenvalue weighted by Crippen LogP contribution is -2.51. The van der Waals surface area contributed by atoms with Crippen molar-refractivity contribution < 1.29 is 9.90 Å². The molecular weight excluding hydrogens is 264 g/mol. The van der Waals surface area contributed by atoms with Gasteiger partial charge in [0.1, 0.15) is 0 Å². The second kappa shape index (κ2) is 6.48. The van der Waals surface area contributed by atoms with Crippen molar-refractivity contribution in [2.75, 3.05) is 19.6 Å². The summed E-state index contributed by atoms with van der Waals surface area (Å²) in [4.78, 5) is 13.9. The highest BCUT2D eigenvalue weighted by molar-refractivity contribution is 5.74. The van der Waals surface area contributed by atoms with Crippen LogP contribution in [0, 0.1) is 5.92 Å². The Labute approximate surface area is 127 Å². The molecule has 2 amide bonds. The summed E-state index contributed by atoms with van der Waals surface area (Å²) >= 11 is 0. The molecule has 1 aromatic rings. The molecule has 116 valence electrons. The van der Waals surface area contributed by atoms with Crippen LogP contribution >= 0.6 is 0 Å². The largest absolute Gasteiger partial charge is 0.391 e. The van der Waals surface area contributed by atoms with E-state index in [-0.39, 0.29) is 17.4 Å². The van der Waals surface area contributed by atoms with E-state index in [9.17, 15) is 9.90 Å². The van der Waals surface area contributed by atoms with Gasteiger partial charge < -0.3 is 15.3 Å². The summed E-state index contributed by atoms with van der Waals surface area (Å²) in [7, 11) is 0. The van der Waals surface area contributed by atoms with E-state index in [1.54, 1.807) is 4.90 Å². The fraction of sp³-hybridized carbons (Fsp3) is 0.588. The van der Waals surface area contributed by atoms with Gasteiger partial charge in [-0.15, -0.1) is 0 Å². The highest BCUT2D eigenvalue weighted by Gasteiger charge is 2.28. The quantitative estimate of drug-likeness (QED) is 0.898. The number of amides is 2. The molecule has 2 rings (SSSR count). The monoisotopic (exact) mass is 290 g/mol. The smallest absolute Gasteiger partial charge is 0.317 e. The number of benzene rings is 1. The number of hydrogen-bond donors (Lipinski definition) is 2. The van der Waals surface area contributed by atoms with E-state index in [2.05, 4.69) is 31.3 Å². The number of nitrogens with one attached hydrogen (secondary N) is 1. The van der Waals surface area contributed by atoms with Crippen molar-refractivity contribution in [3.8, 4) is 0 Å². The average Bonchev–Trinajstić information content (AvgIpc) is 2.48. The first kappa shape index (κ1) is 15.8. The lowest BCUT2D eigenvalue weighted by Gasteiger charge is -2.35. The molecule has 1 saturated heterocycles. The third kappa shape index (κ3) is 3.97. The van der Waals surface area contributed by atoms with Crippen molar-refractivity contribution in [3.05, 3.63) is 35.9 Å². The molecular formula is C17H26N2O2. The summed E-state index contributed by atoms with van der Waals surface area (Å²) in [5, 5.41) is 12.9. The number of hydrogen-bond acceptors (Lipinski definition) is 2. The molecule has 0 bridgehead atoms. The first-order valence-corrected chi connectivity index (χ1v) is 7.66. The lowest BCUT2D eigenvalue weighted by molar-refractivity contribution is 0.0434. The van der Waals surface area contributed by atoms with Gasteiger partial charge in [-0.25, -0.2) is 4.79 Å². The van der Waals surface area contributed by atoms with Crippen LogP contribution in [0.1, 0.15) is 32.8 Å². The number of β-amino-alcohol motifs (C(OH)–C–C–N with tert-alkyl or cyclic N) is 1. The van der Waals surface area contributed by atoms with Crippen molar-refractivity contribution in [2.45, 2.75) is 38.7 Å². The van der Waals surface area contributed by atoms with Crippen LogP contribution in [0.15, 0.2) is 30.3 Å². The van der Waals surface area contributed by atoms with Crippen LogP contribution in [-0.4, -0.2) is 41.8 Å². The van der Waals surface area contributed by atoms with Crippen LogP contribution in [0.25, 0.3) is 0 Å². The van der Waals surface area contributed by atoms with Gasteiger partial charge in [0, 0.05) is 25.0 Å². The van der Waals surface area contributed by atoms with E-state index in [1.165, 1.54) is 5.56 Å². The zero-order valence-corrected chi connectivity index (χ0v) is 13.2. The van der Waals surface area contributed by atoms with Crippen LogP contribution in [0.5, 0.6) is 0 Å². The van der Waals surface area contributed by atoms with Gasteiger partial charge in [-0.2, -0.15) is 0 Å². The van der Waals surface area contributed by atoms with E-state index in [1.807, 2.05) is 25.1 Å². The second-order valence-electron chi connectivity index (χ2n) is 6.69. The number of urea groups is 1. The first-order chi connectivity index (χ1) is 9.90. The van der Waals surface area contributed by atoms with E-state index >= 15 is 0 Å². The van der Waals surface area contributed by atoms with Crippen molar-refractivity contribution in [1.29, 1.82) is 0 Å². The highest BCUT2D eigenvalue weighted by atomic mass is 16.3. The molecule has 4 heteroatoms. The van der Waals surface area contributed by atoms with Gasteiger partial charge in [0.15, 0.2) is 0 Å². The maximum atomic E-state index is 12.2. The van der Waals surface area contributed by atoms with Crippen LogP contribution in [-0.2, 0) is 5.41 Å². The Bertz CT molecular complexity index is 473. The molecule has 2 atom stereocenters. The molecule has 2 unspecified atom stereocenters. The van der Waals surface area contributed by atoms with Gasteiger partial charge >= 0.3 is 6.03 Å². The summed E-state index contributed by atoms with van der Waals surface area (Å²) < 4.78 is 0. The van der Waals surface area contributed by atoms with Crippen molar-refractivity contribution in [3.63, 3.8) is 0 Å². The highest BCUT2D eigenvalue weighted by Crippen LogP contribution is 2.22. The van der Waals surface area contributed by atoms with Crippen LogP contribution in [0.2, 0.25) is 0 Å². The molecule has 4 nitrogen and oxygen atoms in total. The van der Waals surface area contributed by atoms with E-state index in [4.69, 9.17) is 0 Å². The maximum absolute atomic E-state index is 12.2. The molecule has 0 radical (unpaired) electrons. The lowest BCUT2D eigenvalue weighted by atomic mass is 9.85. The molecule has 0 aliphatic carbocycles. The fourth-order valence-electron chi connectivity index (χ4n) is 2.63. The minimum Gasteiger partial charge on any atom is -0.391 e. The summed E-state index contributed by atoms with van der Waals surface area (Å²) in [5.74, 6) is 0.273. The van der Waals surface area contributed by atoms with Gasteiger partial charge in [-0.3, -0.25) is 0 Å². The molecule has 1 fully saturated rings. The summed E-state index contributed by atoms with van der Waals surface area (Å²) in [6.07, 6.45) is 0.447. The number of likely N-dealkylation sites (tertiary alicyclic amines) is 1. The van der Waals surface area contributed by atoms with Gasteiger partial charge in [0.25, 0.3) is 0 Å². The Morgan fingerprint density at radius 3 is 2.67 bits per heavy atom. The minimum absolute atomic E-state index is 0.0787. The molecule has 1 aliphatic rings. The number of piperidine rings is 1. The van der Waals surface area contributed by atoms with Gasteiger partial charge in [0.05, 0.1) is 6.10 Å². The topological polar surface area (TPSA) is 52.6 Å². The standard InChI is InChI=1S/C17H26N2O2/c1-13-9-10-19(11-15(13)20)16(21)18-12-17(2,3)14-7-5-4-6-8-14/h4-8,13,15,20H,9-12H2,1-3H3,(H,18,21). The Hall–Kier alpha value is -1.55. The Balaban J connectivity index is 1.89.